The highest BCUT2D eigenvalue weighted by Crippen LogP contribution is 2.25. The van der Waals surface area contributed by atoms with E-state index in [0.29, 0.717) is 12.5 Å². The van der Waals surface area contributed by atoms with Crippen molar-refractivity contribution in [2.24, 2.45) is 5.92 Å². The van der Waals surface area contributed by atoms with Gasteiger partial charge in [0, 0.05) is 22.1 Å². The lowest BCUT2D eigenvalue weighted by molar-refractivity contribution is 0.410. The van der Waals surface area contributed by atoms with Gasteiger partial charge >= 0.3 is 0 Å². The first-order chi connectivity index (χ1) is 9.97. The minimum Gasteiger partial charge on any atom is -0.306 e. The van der Waals surface area contributed by atoms with Crippen LogP contribution in [0.3, 0.4) is 0 Å². The molecule has 21 heavy (non-hydrogen) atoms. The molecular formula is C17H18BrClFN. The summed E-state index contributed by atoms with van der Waals surface area (Å²) >= 11 is 9.67. The highest BCUT2D eigenvalue weighted by molar-refractivity contribution is 9.10. The second-order valence-electron chi connectivity index (χ2n) is 5.39. The molecule has 4 heteroatoms. The standard InChI is InChI=1S/C17H18BrClFN/c1-11(2)17(12-3-6-15(20)7-4-12)21-10-13-9-14(18)5-8-16(13)19/h3-9,11,17,21H,10H2,1-2H3. The molecule has 0 spiro atoms. The fraction of sp³-hybridized carbons (Fsp3) is 0.294. The van der Waals surface area contributed by atoms with Gasteiger partial charge in [-0.25, -0.2) is 4.39 Å². The number of nitrogens with one attached hydrogen (secondary N) is 1. The molecule has 1 unspecified atom stereocenters. The van der Waals surface area contributed by atoms with Gasteiger partial charge in [-0.2, -0.15) is 0 Å². The normalized spacial score (nSPS) is 12.7. The van der Waals surface area contributed by atoms with Crippen LogP contribution in [0.2, 0.25) is 5.02 Å². The molecule has 1 N–H and O–H groups in total. The van der Waals surface area contributed by atoms with Gasteiger partial charge < -0.3 is 5.32 Å². The molecule has 0 heterocycles. The van der Waals surface area contributed by atoms with E-state index >= 15 is 0 Å². The lowest BCUT2D eigenvalue weighted by atomic mass is 9.95. The Kier molecular flexibility index (Phi) is 5.80. The molecule has 0 aliphatic heterocycles. The monoisotopic (exact) mass is 369 g/mol. The molecule has 1 nitrogen and oxygen atoms in total. The van der Waals surface area contributed by atoms with E-state index in [1.54, 1.807) is 0 Å². The Morgan fingerprint density at radius 3 is 2.43 bits per heavy atom. The smallest absolute Gasteiger partial charge is 0.123 e. The zero-order valence-corrected chi connectivity index (χ0v) is 14.4. The summed E-state index contributed by atoms with van der Waals surface area (Å²) in [4.78, 5) is 0. The maximum Gasteiger partial charge on any atom is 0.123 e. The van der Waals surface area contributed by atoms with Crippen molar-refractivity contribution in [3.8, 4) is 0 Å². The zero-order valence-electron chi connectivity index (χ0n) is 12.0. The third-order valence-corrected chi connectivity index (χ3v) is 4.28. The van der Waals surface area contributed by atoms with Gasteiger partial charge in [-0.15, -0.1) is 0 Å². The lowest BCUT2D eigenvalue weighted by Crippen LogP contribution is -2.25. The number of benzene rings is 2. The van der Waals surface area contributed by atoms with Crippen LogP contribution in [0.4, 0.5) is 4.39 Å². The van der Waals surface area contributed by atoms with E-state index in [1.165, 1.54) is 12.1 Å². The van der Waals surface area contributed by atoms with Crippen molar-refractivity contribution < 1.29 is 4.39 Å². The van der Waals surface area contributed by atoms with E-state index in [4.69, 9.17) is 11.6 Å². The minimum absolute atomic E-state index is 0.153. The van der Waals surface area contributed by atoms with Crippen LogP contribution in [0.15, 0.2) is 46.9 Å². The molecule has 0 fully saturated rings. The van der Waals surface area contributed by atoms with Gasteiger partial charge in [0.05, 0.1) is 0 Å². The molecule has 2 aromatic carbocycles. The van der Waals surface area contributed by atoms with Crippen LogP contribution < -0.4 is 5.32 Å². The Bertz CT molecular complexity index is 598. The van der Waals surface area contributed by atoms with Crippen LogP contribution in [-0.2, 0) is 6.54 Å². The molecule has 0 aliphatic rings. The van der Waals surface area contributed by atoms with E-state index < -0.39 is 0 Å². The molecule has 112 valence electrons. The van der Waals surface area contributed by atoms with Gasteiger partial charge in [0.15, 0.2) is 0 Å². The van der Waals surface area contributed by atoms with Gasteiger partial charge in [0.1, 0.15) is 5.82 Å². The van der Waals surface area contributed by atoms with Crippen LogP contribution in [0.25, 0.3) is 0 Å². The largest absolute Gasteiger partial charge is 0.306 e. The lowest BCUT2D eigenvalue weighted by Gasteiger charge is -2.23. The zero-order chi connectivity index (χ0) is 15.4. The number of hydrogen-bond acceptors (Lipinski definition) is 1. The molecule has 0 bridgehead atoms. The summed E-state index contributed by atoms with van der Waals surface area (Å²) in [5, 5.41) is 4.25. The van der Waals surface area contributed by atoms with Crippen molar-refractivity contribution in [2.45, 2.75) is 26.4 Å². The molecule has 0 saturated heterocycles. The summed E-state index contributed by atoms with van der Waals surface area (Å²) in [7, 11) is 0. The first-order valence-corrected chi connectivity index (χ1v) is 8.07. The highest BCUT2D eigenvalue weighted by atomic mass is 79.9. The Morgan fingerprint density at radius 2 is 1.81 bits per heavy atom. The van der Waals surface area contributed by atoms with Crippen LogP contribution in [-0.4, -0.2) is 0 Å². The topological polar surface area (TPSA) is 12.0 Å². The van der Waals surface area contributed by atoms with Crippen LogP contribution in [0.5, 0.6) is 0 Å². The first-order valence-electron chi connectivity index (χ1n) is 6.90. The highest BCUT2D eigenvalue weighted by Gasteiger charge is 2.15. The Balaban J connectivity index is 2.13. The Morgan fingerprint density at radius 1 is 1.14 bits per heavy atom. The van der Waals surface area contributed by atoms with Crippen molar-refractivity contribution in [3.05, 3.63) is 68.9 Å². The van der Waals surface area contributed by atoms with Gasteiger partial charge in [0.25, 0.3) is 0 Å². The van der Waals surface area contributed by atoms with Crippen molar-refractivity contribution in [1.29, 1.82) is 0 Å². The predicted octanol–water partition coefficient (Wildman–Crippen LogP) is 5.73. The third kappa shape index (κ3) is 4.53. The van der Waals surface area contributed by atoms with Gasteiger partial charge in [-0.05, 0) is 47.4 Å². The van der Waals surface area contributed by atoms with E-state index in [9.17, 15) is 4.39 Å². The number of rotatable bonds is 5. The molecular weight excluding hydrogens is 353 g/mol. The second kappa shape index (κ2) is 7.39. The average molecular weight is 371 g/mol. The number of halogens is 3. The van der Waals surface area contributed by atoms with Crippen molar-refractivity contribution in [1.82, 2.24) is 5.32 Å². The van der Waals surface area contributed by atoms with Crippen LogP contribution in [0.1, 0.15) is 31.0 Å². The molecule has 0 aliphatic carbocycles. The molecule has 0 amide bonds. The predicted molar refractivity (Wildman–Crippen MR) is 90.0 cm³/mol. The van der Waals surface area contributed by atoms with Gasteiger partial charge in [-0.1, -0.05) is 53.5 Å². The van der Waals surface area contributed by atoms with Crippen molar-refractivity contribution in [3.63, 3.8) is 0 Å². The van der Waals surface area contributed by atoms with Gasteiger partial charge in [0.2, 0.25) is 0 Å². The van der Waals surface area contributed by atoms with E-state index in [1.807, 2.05) is 30.3 Å². The summed E-state index contributed by atoms with van der Waals surface area (Å²) in [6.07, 6.45) is 0. The molecule has 2 aromatic rings. The van der Waals surface area contributed by atoms with Crippen LogP contribution in [0, 0.1) is 11.7 Å². The summed E-state index contributed by atoms with van der Waals surface area (Å²) in [6, 6.07) is 12.6. The third-order valence-electron chi connectivity index (χ3n) is 3.42. The maximum atomic E-state index is 13.1. The van der Waals surface area contributed by atoms with Crippen LogP contribution >= 0.6 is 27.5 Å². The summed E-state index contributed by atoms with van der Waals surface area (Å²) in [6.45, 7) is 4.95. The van der Waals surface area contributed by atoms with Crippen molar-refractivity contribution in [2.75, 3.05) is 0 Å². The Labute approximate surface area is 138 Å². The first kappa shape index (κ1) is 16.5. The molecule has 0 aromatic heterocycles. The SMILES string of the molecule is CC(C)C(NCc1cc(Br)ccc1Cl)c1ccc(F)cc1. The van der Waals surface area contributed by atoms with E-state index in [0.717, 1.165) is 20.6 Å². The summed E-state index contributed by atoms with van der Waals surface area (Å²) in [5.74, 6) is 0.178. The van der Waals surface area contributed by atoms with E-state index in [-0.39, 0.29) is 11.9 Å². The molecule has 0 saturated carbocycles. The quantitative estimate of drug-likeness (QED) is 0.709. The fourth-order valence-electron chi connectivity index (χ4n) is 2.31. The minimum atomic E-state index is -0.212. The Hall–Kier alpha value is -0.900. The average Bonchev–Trinajstić information content (AvgIpc) is 2.44. The summed E-state index contributed by atoms with van der Waals surface area (Å²) < 4.78 is 14.1. The molecule has 2 rings (SSSR count). The summed E-state index contributed by atoms with van der Waals surface area (Å²) in [5.41, 5.74) is 2.12. The molecule has 1 atom stereocenters. The fourth-order valence-corrected chi connectivity index (χ4v) is 2.90. The second-order valence-corrected chi connectivity index (χ2v) is 6.71. The van der Waals surface area contributed by atoms with Crippen molar-refractivity contribution >= 4 is 27.5 Å². The van der Waals surface area contributed by atoms with E-state index in [2.05, 4.69) is 35.1 Å². The number of hydrogen-bond donors (Lipinski definition) is 1. The molecule has 0 radical (unpaired) electrons. The maximum absolute atomic E-state index is 13.1. The van der Waals surface area contributed by atoms with Gasteiger partial charge in [-0.3, -0.25) is 0 Å².